The Bertz CT molecular complexity index is 231. The van der Waals surface area contributed by atoms with Crippen molar-refractivity contribution in [2.24, 2.45) is 11.1 Å². The molecule has 3 nitrogen and oxygen atoms in total. The van der Waals surface area contributed by atoms with Crippen LogP contribution in [-0.4, -0.2) is 18.9 Å². The van der Waals surface area contributed by atoms with Crippen LogP contribution in [0.3, 0.4) is 0 Å². The number of ether oxygens (including phenoxy) is 1. The molecule has 0 spiro atoms. The van der Waals surface area contributed by atoms with Gasteiger partial charge in [-0.3, -0.25) is 4.79 Å². The Morgan fingerprint density at radius 2 is 2.38 bits per heavy atom. The minimum Gasteiger partial charge on any atom is -0.501 e. The maximum absolute atomic E-state index is 11.8. The van der Waals surface area contributed by atoms with Crippen LogP contribution in [0.1, 0.15) is 26.7 Å². The summed E-state index contributed by atoms with van der Waals surface area (Å²) in [6.07, 6.45) is 3.34. The molecule has 3 heteroatoms. The molecule has 0 atom stereocenters. The highest BCUT2D eigenvalue weighted by Crippen LogP contribution is 2.24. The van der Waals surface area contributed by atoms with Gasteiger partial charge in [-0.25, -0.2) is 0 Å². The van der Waals surface area contributed by atoms with E-state index in [9.17, 15) is 4.79 Å². The first-order chi connectivity index (χ1) is 6.08. The van der Waals surface area contributed by atoms with Crippen LogP contribution in [0.2, 0.25) is 0 Å². The lowest BCUT2D eigenvalue weighted by Gasteiger charge is -2.23. The zero-order valence-electron chi connectivity index (χ0n) is 8.30. The summed E-state index contributed by atoms with van der Waals surface area (Å²) in [6.45, 7) is 4.83. The third-order valence-corrected chi connectivity index (χ3v) is 2.35. The van der Waals surface area contributed by atoms with Crippen molar-refractivity contribution in [2.45, 2.75) is 26.7 Å². The standard InChI is InChI=1S/C10H17NO2/c1-10(2,7-11)9(12)8-4-3-5-13-6-8/h6H,3-5,7,11H2,1-2H3. The summed E-state index contributed by atoms with van der Waals surface area (Å²) >= 11 is 0. The number of nitrogens with two attached hydrogens (primary N) is 1. The van der Waals surface area contributed by atoms with Gasteiger partial charge in [0.05, 0.1) is 12.9 Å². The topological polar surface area (TPSA) is 52.3 Å². The number of allylic oxidation sites excluding steroid dienone is 1. The van der Waals surface area contributed by atoms with Gasteiger partial charge in [0.25, 0.3) is 0 Å². The van der Waals surface area contributed by atoms with E-state index >= 15 is 0 Å². The van der Waals surface area contributed by atoms with E-state index in [1.165, 1.54) is 0 Å². The second kappa shape index (κ2) is 3.92. The molecular weight excluding hydrogens is 166 g/mol. The molecule has 0 aliphatic carbocycles. The molecule has 0 saturated carbocycles. The van der Waals surface area contributed by atoms with Crippen LogP contribution in [0.4, 0.5) is 0 Å². The van der Waals surface area contributed by atoms with Crippen molar-refractivity contribution in [1.82, 2.24) is 0 Å². The third-order valence-electron chi connectivity index (χ3n) is 2.35. The summed E-state index contributed by atoms with van der Waals surface area (Å²) in [5.74, 6) is 0.120. The molecule has 0 aromatic rings. The molecule has 0 aromatic heterocycles. The first-order valence-corrected chi connectivity index (χ1v) is 4.63. The highest BCUT2D eigenvalue weighted by atomic mass is 16.5. The van der Waals surface area contributed by atoms with Gasteiger partial charge in [0.1, 0.15) is 0 Å². The number of hydrogen-bond acceptors (Lipinski definition) is 3. The summed E-state index contributed by atoms with van der Waals surface area (Å²) in [5, 5.41) is 0. The van der Waals surface area contributed by atoms with Gasteiger partial charge in [-0.05, 0) is 12.8 Å². The lowest BCUT2D eigenvalue weighted by molar-refractivity contribution is -0.123. The van der Waals surface area contributed by atoms with Gasteiger partial charge in [-0.1, -0.05) is 13.8 Å². The Morgan fingerprint density at radius 3 is 2.85 bits per heavy atom. The van der Waals surface area contributed by atoms with Gasteiger partial charge in [-0.2, -0.15) is 0 Å². The van der Waals surface area contributed by atoms with E-state index in [-0.39, 0.29) is 5.78 Å². The molecule has 0 bridgehead atoms. The van der Waals surface area contributed by atoms with E-state index in [1.54, 1.807) is 6.26 Å². The average Bonchev–Trinajstić information content (AvgIpc) is 2.18. The van der Waals surface area contributed by atoms with E-state index in [0.29, 0.717) is 6.54 Å². The monoisotopic (exact) mass is 183 g/mol. The van der Waals surface area contributed by atoms with Crippen LogP contribution in [0.5, 0.6) is 0 Å². The smallest absolute Gasteiger partial charge is 0.168 e. The SMILES string of the molecule is CC(C)(CN)C(=O)C1=COCCC1. The molecule has 74 valence electrons. The molecule has 0 radical (unpaired) electrons. The van der Waals surface area contributed by atoms with E-state index < -0.39 is 5.41 Å². The van der Waals surface area contributed by atoms with Gasteiger partial charge in [0.15, 0.2) is 5.78 Å². The summed E-state index contributed by atoms with van der Waals surface area (Å²) in [4.78, 5) is 11.8. The summed E-state index contributed by atoms with van der Waals surface area (Å²) in [5.41, 5.74) is 5.85. The quantitative estimate of drug-likeness (QED) is 0.716. The Kier molecular flexibility index (Phi) is 3.09. The van der Waals surface area contributed by atoms with Crippen LogP contribution >= 0.6 is 0 Å². The van der Waals surface area contributed by atoms with Crippen LogP contribution < -0.4 is 5.73 Å². The molecule has 0 saturated heterocycles. The highest BCUT2D eigenvalue weighted by Gasteiger charge is 2.29. The van der Waals surface area contributed by atoms with Crippen molar-refractivity contribution < 1.29 is 9.53 Å². The molecule has 0 aromatic carbocycles. The second-order valence-corrected chi connectivity index (χ2v) is 4.03. The molecule has 1 aliphatic rings. The van der Waals surface area contributed by atoms with Gasteiger partial charge >= 0.3 is 0 Å². The molecule has 0 unspecified atom stereocenters. The fourth-order valence-electron chi connectivity index (χ4n) is 1.26. The van der Waals surface area contributed by atoms with Crippen LogP contribution in [-0.2, 0) is 9.53 Å². The van der Waals surface area contributed by atoms with Crippen molar-refractivity contribution >= 4 is 5.78 Å². The van der Waals surface area contributed by atoms with E-state index in [2.05, 4.69) is 0 Å². The van der Waals surface area contributed by atoms with Crippen molar-refractivity contribution in [2.75, 3.05) is 13.2 Å². The fourth-order valence-corrected chi connectivity index (χ4v) is 1.26. The summed E-state index contributed by atoms with van der Waals surface area (Å²) in [6, 6.07) is 0. The van der Waals surface area contributed by atoms with Crippen molar-refractivity contribution in [3.05, 3.63) is 11.8 Å². The Morgan fingerprint density at radius 1 is 1.69 bits per heavy atom. The number of hydrogen-bond donors (Lipinski definition) is 1. The van der Waals surface area contributed by atoms with E-state index in [4.69, 9.17) is 10.5 Å². The minimum atomic E-state index is -0.452. The summed E-state index contributed by atoms with van der Waals surface area (Å²) in [7, 11) is 0. The minimum absolute atomic E-state index is 0.120. The molecule has 0 fully saturated rings. The molecule has 13 heavy (non-hydrogen) atoms. The maximum atomic E-state index is 11.8. The van der Waals surface area contributed by atoms with Crippen LogP contribution in [0.25, 0.3) is 0 Å². The predicted octanol–water partition coefficient (Wildman–Crippen LogP) is 1.23. The largest absolute Gasteiger partial charge is 0.501 e. The Hall–Kier alpha value is -0.830. The lowest BCUT2D eigenvalue weighted by atomic mass is 9.83. The number of Topliss-reactive ketones (excluding diaryl/α,β-unsaturated/α-hetero) is 1. The predicted molar refractivity (Wildman–Crippen MR) is 51.1 cm³/mol. The van der Waals surface area contributed by atoms with E-state index in [0.717, 1.165) is 25.0 Å². The van der Waals surface area contributed by atoms with Gasteiger partial charge in [0, 0.05) is 17.5 Å². The summed E-state index contributed by atoms with van der Waals surface area (Å²) < 4.78 is 5.12. The van der Waals surface area contributed by atoms with Crippen LogP contribution in [0.15, 0.2) is 11.8 Å². The van der Waals surface area contributed by atoms with Gasteiger partial charge in [0.2, 0.25) is 0 Å². The molecular formula is C10H17NO2. The second-order valence-electron chi connectivity index (χ2n) is 4.03. The molecule has 1 aliphatic heterocycles. The Labute approximate surface area is 78.9 Å². The van der Waals surface area contributed by atoms with E-state index in [1.807, 2.05) is 13.8 Å². The third kappa shape index (κ3) is 2.31. The fraction of sp³-hybridized carbons (Fsp3) is 0.700. The lowest BCUT2D eigenvalue weighted by Crippen LogP contribution is -2.34. The van der Waals surface area contributed by atoms with Crippen LogP contribution in [0, 0.1) is 5.41 Å². The molecule has 1 heterocycles. The first kappa shape index (κ1) is 10.3. The maximum Gasteiger partial charge on any atom is 0.168 e. The Balaban J connectivity index is 2.71. The van der Waals surface area contributed by atoms with Gasteiger partial charge < -0.3 is 10.5 Å². The first-order valence-electron chi connectivity index (χ1n) is 4.63. The average molecular weight is 183 g/mol. The zero-order valence-corrected chi connectivity index (χ0v) is 8.30. The van der Waals surface area contributed by atoms with Crippen molar-refractivity contribution in [3.63, 3.8) is 0 Å². The molecule has 0 amide bonds. The zero-order chi connectivity index (χ0) is 9.90. The number of ketones is 1. The van der Waals surface area contributed by atoms with Crippen molar-refractivity contribution in [3.8, 4) is 0 Å². The number of carbonyl (C=O) groups is 1. The molecule has 1 rings (SSSR count). The van der Waals surface area contributed by atoms with Gasteiger partial charge in [-0.15, -0.1) is 0 Å². The number of rotatable bonds is 3. The molecule has 2 N–H and O–H groups in total. The van der Waals surface area contributed by atoms with Crippen molar-refractivity contribution in [1.29, 1.82) is 0 Å². The number of carbonyl (C=O) groups excluding carboxylic acids is 1. The normalized spacial score (nSPS) is 17.6. The highest BCUT2D eigenvalue weighted by molar-refractivity contribution is 5.99.